The molecule has 7 nitrogen and oxygen atoms in total. The average Bonchev–Trinajstić information content (AvgIpc) is 3.40. The molecule has 1 aliphatic rings. The molecule has 1 aromatic heterocycles. The summed E-state index contributed by atoms with van der Waals surface area (Å²) >= 11 is 0. The number of carbonyl (C=O) groups excluding carboxylic acids is 1. The quantitative estimate of drug-likeness (QED) is 0.659. The Morgan fingerprint density at radius 1 is 1.23 bits per heavy atom. The van der Waals surface area contributed by atoms with Crippen LogP contribution in [-0.4, -0.2) is 45.8 Å². The summed E-state index contributed by atoms with van der Waals surface area (Å²) in [5, 5.41) is 6.57. The Balaban J connectivity index is 1.58. The molecule has 3 aromatic rings. The number of H-pyrrole nitrogens is 1. The third kappa shape index (κ3) is 4.23. The van der Waals surface area contributed by atoms with Crippen molar-refractivity contribution in [3.8, 4) is 22.6 Å². The van der Waals surface area contributed by atoms with Gasteiger partial charge in [-0.2, -0.15) is 5.10 Å². The van der Waals surface area contributed by atoms with Crippen LogP contribution < -0.4 is 10.4 Å². The van der Waals surface area contributed by atoms with Crippen molar-refractivity contribution in [2.45, 2.75) is 26.2 Å². The third-order valence-corrected chi connectivity index (χ3v) is 5.77. The maximum absolute atomic E-state index is 15.1. The van der Waals surface area contributed by atoms with Gasteiger partial charge in [0.25, 0.3) is 0 Å². The maximum Gasteiger partial charge on any atom is 0.348 e. The Labute approximate surface area is 179 Å². The third-order valence-electron chi connectivity index (χ3n) is 5.77. The standard InChI is InChI=1S/C23H25FN4O3/c1-3-22(29)27-11-10-15(14-27)12-21-25-26-23(30)28(21)20-9-6-17(13-19(20)24)16-4-7-18(31-2)8-5-16/h4-9,13,15H,3,10-12,14H2,1-2H3,(H,26,30). The lowest BCUT2D eigenvalue weighted by atomic mass is 10.0. The van der Waals surface area contributed by atoms with Gasteiger partial charge in [-0.15, -0.1) is 0 Å². The first-order valence-corrected chi connectivity index (χ1v) is 10.4. The van der Waals surface area contributed by atoms with Crippen LogP contribution in [0.3, 0.4) is 0 Å². The van der Waals surface area contributed by atoms with Gasteiger partial charge in [-0.05, 0) is 47.7 Å². The van der Waals surface area contributed by atoms with Crippen LogP contribution in [0.2, 0.25) is 0 Å². The molecule has 0 bridgehead atoms. The van der Waals surface area contributed by atoms with Crippen molar-refractivity contribution >= 4 is 5.91 Å². The van der Waals surface area contributed by atoms with E-state index in [4.69, 9.17) is 4.74 Å². The number of rotatable bonds is 6. The molecule has 2 aromatic carbocycles. The lowest BCUT2D eigenvalue weighted by Crippen LogP contribution is -2.28. The maximum atomic E-state index is 15.1. The number of nitrogens with one attached hydrogen (secondary N) is 1. The highest BCUT2D eigenvalue weighted by Gasteiger charge is 2.27. The lowest BCUT2D eigenvalue weighted by Gasteiger charge is -2.15. The minimum Gasteiger partial charge on any atom is -0.497 e. The Kier molecular flexibility index (Phi) is 5.88. The molecule has 0 aliphatic carbocycles. The molecular weight excluding hydrogens is 399 g/mol. The molecule has 0 radical (unpaired) electrons. The molecule has 31 heavy (non-hydrogen) atoms. The summed E-state index contributed by atoms with van der Waals surface area (Å²) in [7, 11) is 1.59. The molecule has 8 heteroatoms. The van der Waals surface area contributed by atoms with Gasteiger partial charge < -0.3 is 9.64 Å². The Bertz CT molecular complexity index is 1140. The molecule has 1 amide bonds. The topological polar surface area (TPSA) is 80.2 Å². The van der Waals surface area contributed by atoms with Crippen LogP contribution in [0.15, 0.2) is 47.3 Å². The Morgan fingerprint density at radius 3 is 2.65 bits per heavy atom. The molecule has 1 saturated heterocycles. The number of nitrogens with zero attached hydrogens (tertiary/aromatic N) is 3. The minimum atomic E-state index is -0.507. The fourth-order valence-electron chi connectivity index (χ4n) is 4.07. The molecule has 162 valence electrons. The van der Waals surface area contributed by atoms with Gasteiger partial charge in [-0.1, -0.05) is 25.1 Å². The number of halogens is 1. The number of methoxy groups -OCH3 is 1. The van der Waals surface area contributed by atoms with Gasteiger partial charge in [0.15, 0.2) is 0 Å². The van der Waals surface area contributed by atoms with Crippen molar-refractivity contribution in [3.63, 3.8) is 0 Å². The van der Waals surface area contributed by atoms with Crippen LogP contribution in [0.4, 0.5) is 4.39 Å². The van der Waals surface area contributed by atoms with Crippen molar-refractivity contribution < 1.29 is 13.9 Å². The smallest absolute Gasteiger partial charge is 0.348 e. The summed E-state index contributed by atoms with van der Waals surface area (Å²) in [6, 6.07) is 12.1. The van der Waals surface area contributed by atoms with Crippen molar-refractivity contribution in [3.05, 3.63) is 64.6 Å². The van der Waals surface area contributed by atoms with Crippen LogP contribution >= 0.6 is 0 Å². The number of amides is 1. The number of ether oxygens (including phenoxy) is 1. The zero-order valence-electron chi connectivity index (χ0n) is 17.6. The van der Waals surface area contributed by atoms with Gasteiger partial charge in [0.2, 0.25) is 5.91 Å². The molecule has 1 unspecified atom stereocenters. The van der Waals surface area contributed by atoms with E-state index in [9.17, 15) is 9.59 Å². The predicted molar refractivity (Wildman–Crippen MR) is 115 cm³/mol. The van der Waals surface area contributed by atoms with E-state index in [0.29, 0.717) is 37.3 Å². The van der Waals surface area contributed by atoms with E-state index in [0.717, 1.165) is 17.7 Å². The molecule has 0 spiro atoms. The normalized spacial score (nSPS) is 16.0. The van der Waals surface area contributed by atoms with E-state index in [-0.39, 0.29) is 17.5 Å². The first-order valence-electron chi connectivity index (χ1n) is 10.4. The predicted octanol–water partition coefficient (Wildman–Crippen LogP) is 3.18. The van der Waals surface area contributed by atoms with E-state index in [1.165, 1.54) is 10.6 Å². The van der Waals surface area contributed by atoms with E-state index < -0.39 is 11.5 Å². The van der Waals surface area contributed by atoms with Gasteiger partial charge in [0, 0.05) is 25.9 Å². The highest BCUT2D eigenvalue weighted by Crippen LogP contribution is 2.26. The molecular formula is C23H25FN4O3. The van der Waals surface area contributed by atoms with E-state index in [1.807, 2.05) is 36.1 Å². The molecule has 1 N–H and O–H groups in total. The van der Waals surface area contributed by atoms with Crippen LogP contribution in [0.5, 0.6) is 5.75 Å². The number of hydrogen-bond donors (Lipinski definition) is 1. The minimum absolute atomic E-state index is 0.127. The molecule has 0 saturated carbocycles. The van der Waals surface area contributed by atoms with E-state index in [2.05, 4.69) is 10.2 Å². The monoisotopic (exact) mass is 424 g/mol. The summed E-state index contributed by atoms with van der Waals surface area (Å²) in [6.07, 6.45) is 1.81. The molecule has 1 aliphatic heterocycles. The fraction of sp³-hybridized carbons (Fsp3) is 0.348. The average molecular weight is 424 g/mol. The summed E-state index contributed by atoms with van der Waals surface area (Å²) in [5.41, 5.74) is 1.22. The van der Waals surface area contributed by atoms with Crippen molar-refractivity contribution in [1.82, 2.24) is 19.7 Å². The highest BCUT2D eigenvalue weighted by atomic mass is 19.1. The zero-order valence-corrected chi connectivity index (χ0v) is 17.6. The van der Waals surface area contributed by atoms with Gasteiger partial charge in [-0.3, -0.25) is 4.79 Å². The highest BCUT2D eigenvalue weighted by molar-refractivity contribution is 5.76. The second-order valence-corrected chi connectivity index (χ2v) is 7.73. The Hall–Kier alpha value is -3.42. The van der Waals surface area contributed by atoms with Gasteiger partial charge in [0.1, 0.15) is 17.4 Å². The number of carbonyl (C=O) groups is 1. The molecule has 2 heterocycles. The van der Waals surface area contributed by atoms with Gasteiger partial charge in [-0.25, -0.2) is 18.9 Å². The summed E-state index contributed by atoms with van der Waals surface area (Å²) in [4.78, 5) is 26.2. The van der Waals surface area contributed by atoms with Crippen LogP contribution in [0.1, 0.15) is 25.6 Å². The van der Waals surface area contributed by atoms with Crippen LogP contribution in [-0.2, 0) is 11.2 Å². The summed E-state index contributed by atoms with van der Waals surface area (Å²) in [6.45, 7) is 3.18. The SMILES string of the molecule is CCC(=O)N1CCC(Cc2n[nH]c(=O)n2-c2ccc(-c3ccc(OC)cc3)cc2F)C1. The van der Waals surface area contributed by atoms with Crippen LogP contribution in [0.25, 0.3) is 16.8 Å². The second-order valence-electron chi connectivity index (χ2n) is 7.73. The van der Waals surface area contributed by atoms with Gasteiger partial charge in [0.05, 0.1) is 12.8 Å². The number of aromatic amines is 1. The van der Waals surface area contributed by atoms with Crippen molar-refractivity contribution in [2.24, 2.45) is 5.92 Å². The number of hydrogen-bond acceptors (Lipinski definition) is 4. The second kappa shape index (κ2) is 8.75. The number of likely N-dealkylation sites (tertiary alicyclic amines) is 1. The summed E-state index contributed by atoms with van der Waals surface area (Å²) in [5.74, 6) is 0.999. The zero-order chi connectivity index (χ0) is 22.0. The van der Waals surface area contributed by atoms with Crippen LogP contribution in [0, 0.1) is 11.7 Å². The fourth-order valence-corrected chi connectivity index (χ4v) is 4.07. The van der Waals surface area contributed by atoms with E-state index in [1.54, 1.807) is 19.2 Å². The van der Waals surface area contributed by atoms with Crippen molar-refractivity contribution in [1.29, 1.82) is 0 Å². The lowest BCUT2D eigenvalue weighted by molar-refractivity contribution is -0.129. The molecule has 4 rings (SSSR count). The van der Waals surface area contributed by atoms with E-state index >= 15 is 4.39 Å². The molecule has 1 atom stereocenters. The first kappa shape index (κ1) is 20.8. The number of aromatic nitrogens is 3. The largest absolute Gasteiger partial charge is 0.497 e. The summed E-state index contributed by atoms with van der Waals surface area (Å²) < 4.78 is 21.5. The first-order chi connectivity index (χ1) is 15.0. The van der Waals surface area contributed by atoms with Gasteiger partial charge >= 0.3 is 5.69 Å². The molecule has 1 fully saturated rings. The Morgan fingerprint density at radius 2 is 1.97 bits per heavy atom. The van der Waals surface area contributed by atoms with Crippen molar-refractivity contribution in [2.75, 3.05) is 20.2 Å². The number of benzene rings is 2.